The molecule has 0 radical (unpaired) electrons. The lowest BCUT2D eigenvalue weighted by molar-refractivity contribution is 0.0662. The molecule has 0 unspecified atom stereocenters. The van der Waals surface area contributed by atoms with Gasteiger partial charge in [0.1, 0.15) is 0 Å². The molecule has 0 aliphatic heterocycles. The van der Waals surface area contributed by atoms with Crippen LogP contribution in [0.5, 0.6) is 0 Å². The maximum atomic E-state index is 13.8. The molecule has 0 saturated heterocycles. The fourth-order valence-electron chi connectivity index (χ4n) is 2.38. The van der Waals surface area contributed by atoms with Crippen molar-refractivity contribution >= 4 is 16.9 Å². The second-order valence-corrected chi connectivity index (χ2v) is 5.34. The zero-order chi connectivity index (χ0) is 15.6. The number of aryl methyl sites for hydroxylation is 1. The van der Waals surface area contributed by atoms with E-state index in [1.165, 1.54) is 6.07 Å². The summed E-state index contributed by atoms with van der Waals surface area (Å²) >= 11 is 0. The predicted molar refractivity (Wildman–Crippen MR) is 78.8 cm³/mol. The summed E-state index contributed by atoms with van der Waals surface area (Å²) in [6.45, 7) is 6.00. The van der Waals surface area contributed by atoms with Gasteiger partial charge >= 0.3 is 0 Å². The van der Waals surface area contributed by atoms with Gasteiger partial charge in [-0.25, -0.2) is 4.39 Å². The summed E-state index contributed by atoms with van der Waals surface area (Å²) in [6.07, 6.45) is 0.498. The average Bonchev–Trinajstić information content (AvgIpc) is 2.78. The van der Waals surface area contributed by atoms with E-state index in [0.717, 1.165) is 0 Å². The number of carbonyl (C=O) groups is 1. The molecular formula is C16H20FNO3. The molecule has 0 aliphatic carbocycles. The zero-order valence-electron chi connectivity index (χ0n) is 12.5. The Kier molecular flexibility index (Phi) is 4.63. The van der Waals surface area contributed by atoms with E-state index in [2.05, 4.69) is 0 Å². The number of halogens is 1. The first-order chi connectivity index (χ1) is 9.97. The molecular weight excluding hydrogens is 273 g/mol. The summed E-state index contributed by atoms with van der Waals surface area (Å²) in [7, 11) is 0. The molecule has 0 bridgehead atoms. The van der Waals surface area contributed by atoms with Crippen LogP contribution >= 0.6 is 0 Å². The number of nitrogens with zero attached hydrogens (tertiary/aromatic N) is 1. The van der Waals surface area contributed by atoms with Crippen LogP contribution in [0, 0.1) is 12.7 Å². The molecule has 0 aliphatic rings. The summed E-state index contributed by atoms with van der Waals surface area (Å²) in [5.41, 5.74) is 0.758. The number of aliphatic hydroxyl groups is 1. The highest BCUT2D eigenvalue weighted by Gasteiger charge is 2.25. The highest BCUT2D eigenvalue weighted by molar-refractivity contribution is 5.99. The second kappa shape index (κ2) is 6.26. The normalized spacial score (nSPS) is 11.3. The van der Waals surface area contributed by atoms with Crippen LogP contribution in [0.1, 0.15) is 36.4 Å². The van der Waals surface area contributed by atoms with Crippen LogP contribution in [0.15, 0.2) is 22.6 Å². The van der Waals surface area contributed by atoms with E-state index in [0.29, 0.717) is 23.9 Å². The van der Waals surface area contributed by atoms with Gasteiger partial charge in [0.25, 0.3) is 5.91 Å². The lowest BCUT2D eigenvalue weighted by atomic mass is 10.1. The average molecular weight is 293 g/mol. The third kappa shape index (κ3) is 2.93. The summed E-state index contributed by atoms with van der Waals surface area (Å²) in [6, 6.07) is 4.62. The Morgan fingerprint density at radius 3 is 2.71 bits per heavy atom. The van der Waals surface area contributed by atoms with Crippen molar-refractivity contribution in [2.75, 3.05) is 13.2 Å². The van der Waals surface area contributed by atoms with E-state index >= 15 is 0 Å². The second-order valence-electron chi connectivity index (χ2n) is 5.34. The van der Waals surface area contributed by atoms with Crippen molar-refractivity contribution < 1.29 is 18.7 Å². The van der Waals surface area contributed by atoms with Gasteiger partial charge < -0.3 is 14.4 Å². The van der Waals surface area contributed by atoms with Crippen molar-refractivity contribution in [3.63, 3.8) is 0 Å². The first-order valence-electron chi connectivity index (χ1n) is 7.06. The fraction of sp³-hybridized carbons (Fsp3) is 0.438. The lowest BCUT2D eigenvalue weighted by Crippen LogP contribution is -2.38. The fourth-order valence-corrected chi connectivity index (χ4v) is 2.38. The van der Waals surface area contributed by atoms with Crippen LogP contribution in [0.2, 0.25) is 0 Å². The number of furan rings is 1. The van der Waals surface area contributed by atoms with E-state index in [4.69, 9.17) is 9.52 Å². The van der Waals surface area contributed by atoms with Crippen LogP contribution in [0.3, 0.4) is 0 Å². The highest BCUT2D eigenvalue weighted by Crippen LogP contribution is 2.28. The number of fused-ring (bicyclic) bond motifs is 1. The quantitative estimate of drug-likeness (QED) is 0.921. The van der Waals surface area contributed by atoms with Crippen LogP contribution < -0.4 is 0 Å². The number of amides is 1. The molecule has 2 aromatic rings. The monoisotopic (exact) mass is 293 g/mol. The molecule has 21 heavy (non-hydrogen) atoms. The Hall–Kier alpha value is -1.88. The first-order valence-corrected chi connectivity index (χ1v) is 7.06. The van der Waals surface area contributed by atoms with Crippen molar-refractivity contribution in [2.24, 2.45) is 0 Å². The highest BCUT2D eigenvalue weighted by atomic mass is 19.1. The van der Waals surface area contributed by atoms with Gasteiger partial charge in [-0.2, -0.15) is 0 Å². The van der Waals surface area contributed by atoms with Crippen molar-refractivity contribution in [1.82, 2.24) is 4.90 Å². The third-order valence-electron chi connectivity index (χ3n) is 3.55. The van der Waals surface area contributed by atoms with E-state index in [9.17, 15) is 9.18 Å². The number of para-hydroxylation sites is 1. The Balaban J connectivity index is 2.42. The Bertz CT molecular complexity index is 648. The predicted octanol–water partition coefficient (Wildman–Crippen LogP) is 3.11. The Labute approximate surface area is 123 Å². The number of aliphatic hydroxyl groups excluding tert-OH is 1. The molecule has 114 valence electrons. The van der Waals surface area contributed by atoms with Gasteiger partial charge in [0, 0.05) is 30.1 Å². The van der Waals surface area contributed by atoms with Gasteiger partial charge in [-0.15, -0.1) is 0 Å². The van der Waals surface area contributed by atoms with Crippen molar-refractivity contribution in [1.29, 1.82) is 0 Å². The van der Waals surface area contributed by atoms with E-state index in [-0.39, 0.29) is 29.9 Å². The summed E-state index contributed by atoms with van der Waals surface area (Å²) in [4.78, 5) is 14.2. The molecule has 1 aromatic heterocycles. The lowest BCUT2D eigenvalue weighted by Gasteiger charge is -2.25. The molecule has 4 nitrogen and oxygen atoms in total. The molecule has 0 fully saturated rings. The molecule has 1 heterocycles. The molecule has 2 rings (SSSR count). The van der Waals surface area contributed by atoms with Gasteiger partial charge in [-0.05, 0) is 33.3 Å². The summed E-state index contributed by atoms with van der Waals surface area (Å²) < 4.78 is 19.2. The minimum absolute atomic E-state index is 0.0181. The van der Waals surface area contributed by atoms with Gasteiger partial charge in [-0.1, -0.05) is 12.1 Å². The SMILES string of the molecule is Cc1c(C(=O)N(CCCO)C(C)C)oc2c(F)cccc12. The maximum Gasteiger partial charge on any atom is 0.290 e. The standard InChI is InChI=1S/C16H20FNO3/c1-10(2)18(8-5-9-19)16(20)14-11(3)12-6-4-7-13(17)15(12)21-14/h4,6-7,10,19H,5,8-9H2,1-3H3. The smallest absolute Gasteiger partial charge is 0.290 e. The number of rotatable bonds is 5. The van der Waals surface area contributed by atoms with Crippen LogP contribution in [-0.2, 0) is 0 Å². The van der Waals surface area contributed by atoms with E-state index < -0.39 is 5.82 Å². The topological polar surface area (TPSA) is 53.7 Å². The Morgan fingerprint density at radius 2 is 2.14 bits per heavy atom. The molecule has 0 saturated carbocycles. The van der Waals surface area contributed by atoms with Crippen LogP contribution in [0.25, 0.3) is 11.0 Å². The maximum absolute atomic E-state index is 13.8. The zero-order valence-corrected chi connectivity index (χ0v) is 12.5. The van der Waals surface area contributed by atoms with Gasteiger partial charge in [0.2, 0.25) is 0 Å². The summed E-state index contributed by atoms with van der Waals surface area (Å²) in [5, 5.41) is 9.56. The van der Waals surface area contributed by atoms with Crippen LogP contribution in [-0.4, -0.2) is 35.1 Å². The number of hydrogen-bond acceptors (Lipinski definition) is 3. The van der Waals surface area contributed by atoms with Gasteiger partial charge in [-0.3, -0.25) is 4.79 Å². The van der Waals surface area contributed by atoms with Crippen molar-refractivity contribution in [2.45, 2.75) is 33.2 Å². The van der Waals surface area contributed by atoms with E-state index in [1.807, 2.05) is 13.8 Å². The molecule has 0 spiro atoms. The van der Waals surface area contributed by atoms with Crippen LogP contribution in [0.4, 0.5) is 4.39 Å². The third-order valence-corrected chi connectivity index (χ3v) is 3.55. The minimum atomic E-state index is -0.471. The van der Waals surface area contributed by atoms with Crippen molar-refractivity contribution in [3.05, 3.63) is 35.3 Å². The first kappa shape index (κ1) is 15.5. The molecule has 1 amide bonds. The van der Waals surface area contributed by atoms with Gasteiger partial charge in [0.15, 0.2) is 17.2 Å². The summed E-state index contributed by atoms with van der Waals surface area (Å²) in [5.74, 6) is -0.575. The number of carbonyl (C=O) groups excluding carboxylic acids is 1. The van der Waals surface area contributed by atoms with E-state index in [1.54, 1.807) is 24.0 Å². The van der Waals surface area contributed by atoms with Gasteiger partial charge in [0.05, 0.1) is 0 Å². The largest absolute Gasteiger partial charge is 0.448 e. The number of hydrogen-bond donors (Lipinski definition) is 1. The minimum Gasteiger partial charge on any atom is -0.448 e. The molecule has 0 atom stereocenters. The number of benzene rings is 1. The molecule has 5 heteroatoms. The molecule has 1 N–H and O–H groups in total. The van der Waals surface area contributed by atoms with Crippen molar-refractivity contribution in [3.8, 4) is 0 Å². The Morgan fingerprint density at radius 1 is 1.43 bits per heavy atom. The molecule has 1 aromatic carbocycles.